The van der Waals surface area contributed by atoms with Crippen LogP contribution in [0.3, 0.4) is 0 Å². The second-order valence-corrected chi connectivity index (χ2v) is 4.89. The molecule has 1 aromatic carbocycles. The molecule has 0 aliphatic rings. The van der Waals surface area contributed by atoms with Crippen LogP contribution in [0.1, 0.15) is 5.69 Å². The third-order valence-corrected chi connectivity index (χ3v) is 3.35. The zero-order chi connectivity index (χ0) is 13.8. The minimum atomic E-state index is 0.243. The summed E-state index contributed by atoms with van der Waals surface area (Å²) in [5, 5.41) is 1.15. The van der Waals surface area contributed by atoms with Gasteiger partial charge in [-0.15, -0.1) is 0 Å². The first-order chi connectivity index (χ1) is 9.10. The first-order valence-corrected chi connectivity index (χ1v) is 6.42. The fourth-order valence-corrected chi connectivity index (χ4v) is 2.00. The van der Waals surface area contributed by atoms with Gasteiger partial charge in [0, 0.05) is 12.3 Å². The molecule has 0 amide bonds. The molecule has 2 rings (SSSR count). The molecule has 3 N–H and O–H groups in total. The average molecular weight is 319 g/mol. The molecule has 19 heavy (non-hydrogen) atoms. The van der Waals surface area contributed by atoms with E-state index in [4.69, 9.17) is 45.4 Å². The topological polar surface area (TPSA) is 60.2 Å². The number of halogens is 3. The van der Waals surface area contributed by atoms with Crippen LogP contribution >= 0.6 is 34.8 Å². The van der Waals surface area contributed by atoms with Crippen molar-refractivity contribution in [3.05, 3.63) is 51.2 Å². The molecule has 0 bridgehead atoms. The molecule has 0 saturated heterocycles. The van der Waals surface area contributed by atoms with Crippen LogP contribution < -0.4 is 16.0 Å². The number of rotatable bonds is 4. The molecule has 1 aromatic heterocycles. The van der Waals surface area contributed by atoms with Crippen molar-refractivity contribution >= 4 is 40.5 Å². The van der Waals surface area contributed by atoms with Gasteiger partial charge < -0.3 is 10.2 Å². The van der Waals surface area contributed by atoms with Crippen LogP contribution in [0, 0.1) is 0 Å². The Morgan fingerprint density at radius 2 is 1.84 bits per heavy atom. The van der Waals surface area contributed by atoms with Gasteiger partial charge in [0.1, 0.15) is 12.4 Å². The van der Waals surface area contributed by atoms with E-state index in [0.29, 0.717) is 26.5 Å². The maximum absolute atomic E-state index is 6.01. The lowest BCUT2D eigenvalue weighted by Crippen LogP contribution is -2.08. The summed E-state index contributed by atoms with van der Waals surface area (Å²) in [7, 11) is 0. The number of nitrogens with zero attached hydrogens (tertiary/aromatic N) is 1. The number of hydrogen-bond donors (Lipinski definition) is 2. The fraction of sp³-hybridized carbons (Fsp3) is 0.0833. The van der Waals surface area contributed by atoms with Gasteiger partial charge in [-0.3, -0.25) is 10.8 Å². The van der Waals surface area contributed by atoms with E-state index >= 15 is 0 Å². The Balaban J connectivity index is 2.12. The Morgan fingerprint density at radius 3 is 2.58 bits per heavy atom. The third kappa shape index (κ3) is 3.64. The molecular weight excluding hydrogens is 309 g/mol. The monoisotopic (exact) mass is 317 g/mol. The standard InChI is InChI=1S/C12H10Cl3N3O/c13-9-4-11(15)12(5-10(9)14)19-6-8-3-7(18-16)1-2-17-8/h1-5H,6,16H2,(H,17,18). The normalized spacial score (nSPS) is 10.3. The zero-order valence-corrected chi connectivity index (χ0v) is 11.9. The third-order valence-electron chi connectivity index (χ3n) is 2.33. The number of anilines is 1. The van der Waals surface area contributed by atoms with Gasteiger partial charge in [0.15, 0.2) is 0 Å². The molecule has 0 saturated carbocycles. The van der Waals surface area contributed by atoms with Crippen molar-refractivity contribution in [2.24, 2.45) is 5.84 Å². The van der Waals surface area contributed by atoms with Gasteiger partial charge >= 0.3 is 0 Å². The second-order valence-electron chi connectivity index (χ2n) is 3.67. The van der Waals surface area contributed by atoms with Gasteiger partial charge in [-0.2, -0.15) is 0 Å². The van der Waals surface area contributed by atoms with Crippen LogP contribution in [-0.4, -0.2) is 4.98 Å². The predicted octanol–water partition coefficient (Wildman–Crippen LogP) is 3.91. The molecule has 2 aromatic rings. The van der Waals surface area contributed by atoms with Crippen molar-refractivity contribution in [2.45, 2.75) is 6.61 Å². The van der Waals surface area contributed by atoms with E-state index in [-0.39, 0.29) is 6.61 Å². The molecule has 0 aliphatic heterocycles. The highest BCUT2D eigenvalue weighted by Gasteiger charge is 2.07. The van der Waals surface area contributed by atoms with Crippen molar-refractivity contribution in [2.75, 3.05) is 5.43 Å². The van der Waals surface area contributed by atoms with E-state index in [2.05, 4.69) is 10.4 Å². The molecule has 0 atom stereocenters. The number of nitrogens with two attached hydrogens (primary N) is 1. The molecular formula is C12H10Cl3N3O. The van der Waals surface area contributed by atoms with Crippen molar-refractivity contribution in [1.29, 1.82) is 0 Å². The van der Waals surface area contributed by atoms with E-state index in [0.717, 1.165) is 5.69 Å². The van der Waals surface area contributed by atoms with Crippen LogP contribution in [0.4, 0.5) is 5.69 Å². The minimum Gasteiger partial charge on any atom is -0.486 e. The summed E-state index contributed by atoms with van der Waals surface area (Å²) in [6, 6.07) is 6.62. The molecule has 0 fully saturated rings. The highest BCUT2D eigenvalue weighted by atomic mass is 35.5. The quantitative estimate of drug-likeness (QED) is 0.510. The summed E-state index contributed by atoms with van der Waals surface area (Å²) in [4.78, 5) is 4.15. The van der Waals surface area contributed by atoms with Crippen molar-refractivity contribution < 1.29 is 4.74 Å². The van der Waals surface area contributed by atoms with E-state index in [1.54, 1.807) is 24.4 Å². The van der Waals surface area contributed by atoms with Gasteiger partial charge in [-0.25, -0.2) is 0 Å². The molecule has 7 heteroatoms. The van der Waals surface area contributed by atoms with Crippen LogP contribution in [0.5, 0.6) is 5.75 Å². The van der Waals surface area contributed by atoms with Gasteiger partial charge in [-0.1, -0.05) is 34.8 Å². The summed E-state index contributed by atoms with van der Waals surface area (Å²) < 4.78 is 5.55. The lowest BCUT2D eigenvalue weighted by atomic mass is 10.3. The van der Waals surface area contributed by atoms with E-state index < -0.39 is 0 Å². The largest absolute Gasteiger partial charge is 0.486 e. The Hall–Kier alpha value is -1.20. The number of benzene rings is 1. The van der Waals surface area contributed by atoms with Crippen LogP contribution in [0.25, 0.3) is 0 Å². The van der Waals surface area contributed by atoms with Crippen LogP contribution in [0.15, 0.2) is 30.5 Å². The van der Waals surface area contributed by atoms with Crippen LogP contribution in [-0.2, 0) is 6.61 Å². The highest BCUT2D eigenvalue weighted by Crippen LogP contribution is 2.34. The average Bonchev–Trinajstić information content (AvgIpc) is 2.41. The number of nitrogens with one attached hydrogen (secondary N) is 1. The Morgan fingerprint density at radius 1 is 1.11 bits per heavy atom. The first kappa shape index (κ1) is 14.2. The summed E-state index contributed by atoms with van der Waals surface area (Å²) in [6.07, 6.45) is 1.63. The zero-order valence-electron chi connectivity index (χ0n) is 9.66. The molecule has 0 spiro atoms. The van der Waals surface area contributed by atoms with Crippen molar-refractivity contribution in [3.8, 4) is 5.75 Å². The first-order valence-electron chi connectivity index (χ1n) is 5.29. The maximum atomic E-state index is 6.01. The number of nitrogen functional groups attached to an aromatic ring is 1. The Labute approximate surface area is 125 Å². The summed E-state index contributed by atoms with van der Waals surface area (Å²) >= 11 is 17.7. The fourth-order valence-electron chi connectivity index (χ4n) is 1.41. The SMILES string of the molecule is NNc1ccnc(COc2cc(Cl)c(Cl)cc2Cl)c1. The van der Waals surface area contributed by atoms with Crippen molar-refractivity contribution in [1.82, 2.24) is 4.98 Å². The predicted molar refractivity (Wildman–Crippen MR) is 77.9 cm³/mol. The molecule has 1 heterocycles. The van der Waals surface area contributed by atoms with Crippen LogP contribution in [0.2, 0.25) is 15.1 Å². The number of hydrogen-bond acceptors (Lipinski definition) is 4. The lowest BCUT2D eigenvalue weighted by Gasteiger charge is -2.09. The number of aromatic nitrogens is 1. The van der Waals surface area contributed by atoms with E-state index in [1.165, 1.54) is 6.07 Å². The summed E-state index contributed by atoms with van der Waals surface area (Å²) in [5.74, 6) is 5.76. The molecule has 0 unspecified atom stereocenters. The second kappa shape index (κ2) is 6.30. The number of hydrazine groups is 1. The maximum Gasteiger partial charge on any atom is 0.140 e. The molecule has 100 valence electrons. The van der Waals surface area contributed by atoms with E-state index in [1.807, 2.05) is 0 Å². The Bertz CT molecular complexity index is 592. The Kier molecular flexibility index (Phi) is 4.71. The van der Waals surface area contributed by atoms with E-state index in [9.17, 15) is 0 Å². The molecule has 0 radical (unpaired) electrons. The van der Waals surface area contributed by atoms with Gasteiger partial charge in [-0.05, 0) is 18.2 Å². The van der Waals surface area contributed by atoms with Gasteiger partial charge in [0.2, 0.25) is 0 Å². The lowest BCUT2D eigenvalue weighted by molar-refractivity contribution is 0.301. The molecule has 0 aliphatic carbocycles. The van der Waals surface area contributed by atoms with Crippen molar-refractivity contribution in [3.63, 3.8) is 0 Å². The number of ether oxygens (including phenoxy) is 1. The molecule has 4 nitrogen and oxygen atoms in total. The summed E-state index contributed by atoms with van der Waals surface area (Å²) in [6.45, 7) is 0.243. The highest BCUT2D eigenvalue weighted by molar-refractivity contribution is 6.43. The van der Waals surface area contributed by atoms with Gasteiger partial charge in [0.25, 0.3) is 0 Å². The number of pyridine rings is 1. The minimum absolute atomic E-state index is 0.243. The van der Waals surface area contributed by atoms with Gasteiger partial charge in [0.05, 0.1) is 26.4 Å². The summed E-state index contributed by atoms with van der Waals surface area (Å²) in [5.41, 5.74) is 3.98. The smallest absolute Gasteiger partial charge is 0.140 e.